The largest absolute Gasteiger partial charge is 0.375 e. The van der Waals surface area contributed by atoms with Crippen molar-refractivity contribution in [1.29, 1.82) is 0 Å². The average Bonchev–Trinajstić information content (AvgIpc) is 3.08. The highest BCUT2D eigenvalue weighted by Gasteiger charge is 2.43. The normalized spacial score (nSPS) is 23.8. The molecule has 5 nitrogen and oxygen atoms in total. The lowest BCUT2D eigenvalue weighted by Crippen LogP contribution is -2.51. The molecular weight excluding hydrogens is 372 g/mol. The Hall–Kier alpha value is -1.24. The van der Waals surface area contributed by atoms with Gasteiger partial charge >= 0.3 is 0 Å². The van der Waals surface area contributed by atoms with Gasteiger partial charge in [0.25, 0.3) is 0 Å². The number of hydrogen-bond donors (Lipinski definition) is 1. The van der Waals surface area contributed by atoms with Gasteiger partial charge in [-0.25, -0.2) is 0 Å². The fourth-order valence-electron chi connectivity index (χ4n) is 3.67. The van der Waals surface area contributed by atoms with Crippen molar-refractivity contribution >= 4 is 35.2 Å². The topological polar surface area (TPSA) is 58.6 Å². The molecule has 1 aliphatic heterocycles. The SMILES string of the molecule is COCC(=O)N1[C@@H](c2ccccc2Cl)SC[C@H]1C(=O)NC1CCCCC1. The number of methoxy groups -OCH3 is 1. The lowest BCUT2D eigenvalue weighted by molar-refractivity contribution is -0.143. The third-order valence-corrected chi connectivity index (χ3v) is 6.63. The van der Waals surface area contributed by atoms with Gasteiger partial charge in [-0.05, 0) is 18.9 Å². The zero-order valence-electron chi connectivity index (χ0n) is 14.9. The van der Waals surface area contributed by atoms with E-state index in [-0.39, 0.29) is 29.8 Å². The van der Waals surface area contributed by atoms with Crippen LogP contribution < -0.4 is 5.32 Å². The Morgan fingerprint density at radius 2 is 2.00 bits per heavy atom. The number of hydrogen-bond acceptors (Lipinski definition) is 4. The predicted molar refractivity (Wildman–Crippen MR) is 104 cm³/mol. The Morgan fingerprint density at radius 1 is 1.27 bits per heavy atom. The maximum absolute atomic E-state index is 12.9. The molecule has 2 amide bonds. The van der Waals surface area contributed by atoms with Gasteiger partial charge in [-0.15, -0.1) is 11.8 Å². The second-order valence-corrected chi connectivity index (χ2v) is 8.32. The van der Waals surface area contributed by atoms with Gasteiger partial charge in [-0.2, -0.15) is 0 Å². The number of rotatable bonds is 5. The number of ether oxygens (including phenoxy) is 1. The molecule has 1 N–H and O–H groups in total. The maximum Gasteiger partial charge on any atom is 0.250 e. The van der Waals surface area contributed by atoms with Crippen molar-refractivity contribution in [3.63, 3.8) is 0 Å². The highest BCUT2D eigenvalue weighted by atomic mass is 35.5. The number of nitrogens with zero attached hydrogens (tertiary/aromatic N) is 1. The van der Waals surface area contributed by atoms with Gasteiger partial charge in [-0.3, -0.25) is 9.59 Å². The van der Waals surface area contributed by atoms with Crippen molar-refractivity contribution in [1.82, 2.24) is 10.2 Å². The third-order valence-electron chi connectivity index (χ3n) is 4.98. The van der Waals surface area contributed by atoms with Gasteiger partial charge < -0.3 is 15.0 Å². The van der Waals surface area contributed by atoms with E-state index >= 15 is 0 Å². The van der Waals surface area contributed by atoms with E-state index in [0.29, 0.717) is 10.8 Å². The van der Waals surface area contributed by atoms with Crippen LogP contribution in [0.25, 0.3) is 0 Å². The summed E-state index contributed by atoms with van der Waals surface area (Å²) >= 11 is 7.93. The number of nitrogens with one attached hydrogen (secondary N) is 1. The van der Waals surface area contributed by atoms with E-state index in [1.165, 1.54) is 13.5 Å². The summed E-state index contributed by atoms with van der Waals surface area (Å²) in [7, 11) is 1.49. The van der Waals surface area contributed by atoms with Crippen LogP contribution in [0.1, 0.15) is 43.0 Å². The van der Waals surface area contributed by atoms with Crippen LogP contribution >= 0.6 is 23.4 Å². The van der Waals surface area contributed by atoms with Crippen molar-refractivity contribution in [3.8, 4) is 0 Å². The second-order valence-electron chi connectivity index (χ2n) is 6.80. The van der Waals surface area contributed by atoms with E-state index in [1.807, 2.05) is 24.3 Å². The Bertz CT molecular complexity index is 651. The molecule has 1 saturated heterocycles. The van der Waals surface area contributed by atoms with Gasteiger partial charge in [0.2, 0.25) is 11.8 Å². The first-order valence-corrected chi connectivity index (χ1v) is 10.5. The summed E-state index contributed by atoms with van der Waals surface area (Å²) < 4.78 is 5.04. The van der Waals surface area contributed by atoms with E-state index in [0.717, 1.165) is 31.2 Å². The first-order chi connectivity index (χ1) is 12.6. The summed E-state index contributed by atoms with van der Waals surface area (Å²) in [5, 5.41) is 3.49. The Morgan fingerprint density at radius 3 is 2.69 bits per heavy atom. The number of thioether (sulfide) groups is 1. The van der Waals surface area contributed by atoms with Crippen LogP contribution in [0.15, 0.2) is 24.3 Å². The quantitative estimate of drug-likeness (QED) is 0.828. The minimum atomic E-state index is -0.495. The van der Waals surface area contributed by atoms with E-state index in [9.17, 15) is 9.59 Å². The van der Waals surface area contributed by atoms with E-state index < -0.39 is 6.04 Å². The minimum absolute atomic E-state index is 0.0469. The zero-order valence-corrected chi connectivity index (χ0v) is 16.5. The summed E-state index contributed by atoms with van der Waals surface area (Å²) in [5.41, 5.74) is 0.858. The van der Waals surface area contributed by atoms with E-state index in [4.69, 9.17) is 16.3 Å². The fourth-order valence-corrected chi connectivity index (χ4v) is 5.46. The smallest absolute Gasteiger partial charge is 0.250 e. The van der Waals surface area contributed by atoms with Crippen molar-refractivity contribution in [2.24, 2.45) is 0 Å². The summed E-state index contributed by atoms with van der Waals surface area (Å²) in [4.78, 5) is 27.3. The van der Waals surface area contributed by atoms with Crippen LogP contribution in [0.5, 0.6) is 0 Å². The van der Waals surface area contributed by atoms with Crippen LogP contribution in [0.4, 0.5) is 0 Å². The van der Waals surface area contributed by atoms with Crippen LogP contribution in [0.2, 0.25) is 5.02 Å². The average molecular weight is 397 g/mol. The predicted octanol–water partition coefficient (Wildman–Crippen LogP) is 3.38. The molecule has 0 aromatic heterocycles. The Balaban J connectivity index is 1.79. The van der Waals surface area contributed by atoms with Gasteiger partial charge in [0.05, 0.1) is 0 Å². The summed E-state index contributed by atoms with van der Waals surface area (Å²) in [6.45, 7) is -0.0469. The molecule has 0 unspecified atom stereocenters. The summed E-state index contributed by atoms with van der Waals surface area (Å²) in [6.07, 6.45) is 5.58. The number of carbonyl (C=O) groups excluding carboxylic acids is 2. The molecule has 0 radical (unpaired) electrons. The molecule has 26 heavy (non-hydrogen) atoms. The monoisotopic (exact) mass is 396 g/mol. The molecule has 2 atom stereocenters. The number of benzene rings is 1. The van der Waals surface area contributed by atoms with Crippen LogP contribution in [0.3, 0.4) is 0 Å². The van der Waals surface area contributed by atoms with Crippen molar-refractivity contribution in [3.05, 3.63) is 34.9 Å². The molecule has 7 heteroatoms. The van der Waals surface area contributed by atoms with E-state index in [2.05, 4.69) is 5.32 Å². The Labute approximate surface area is 163 Å². The molecule has 0 spiro atoms. The fraction of sp³-hybridized carbons (Fsp3) is 0.579. The number of carbonyl (C=O) groups is 2. The first kappa shape index (κ1) is 19.5. The molecule has 3 rings (SSSR count). The molecule has 1 heterocycles. The molecular formula is C19H25ClN2O3S. The summed E-state index contributed by atoms with van der Waals surface area (Å²) in [6, 6.07) is 7.21. The maximum atomic E-state index is 12.9. The molecule has 1 aromatic carbocycles. The molecule has 1 aliphatic carbocycles. The number of amides is 2. The van der Waals surface area contributed by atoms with Gasteiger partial charge in [0, 0.05) is 29.5 Å². The first-order valence-electron chi connectivity index (χ1n) is 9.08. The van der Waals surface area contributed by atoms with Gasteiger partial charge in [0.1, 0.15) is 18.0 Å². The zero-order chi connectivity index (χ0) is 18.5. The highest BCUT2D eigenvalue weighted by molar-refractivity contribution is 7.99. The van der Waals surface area contributed by atoms with Gasteiger partial charge in [0.15, 0.2) is 0 Å². The number of halogens is 1. The third kappa shape index (κ3) is 4.35. The van der Waals surface area contributed by atoms with Crippen molar-refractivity contribution in [2.45, 2.75) is 49.6 Å². The molecule has 2 fully saturated rings. The minimum Gasteiger partial charge on any atom is -0.375 e. The highest BCUT2D eigenvalue weighted by Crippen LogP contribution is 2.43. The van der Waals surface area contributed by atoms with Crippen LogP contribution in [0, 0.1) is 0 Å². The van der Waals surface area contributed by atoms with Crippen LogP contribution in [-0.2, 0) is 14.3 Å². The molecule has 2 aliphatic rings. The Kier molecular flexibility index (Phi) is 6.84. The lowest BCUT2D eigenvalue weighted by atomic mass is 9.95. The van der Waals surface area contributed by atoms with Crippen LogP contribution in [-0.4, -0.2) is 48.3 Å². The lowest BCUT2D eigenvalue weighted by Gasteiger charge is -2.31. The van der Waals surface area contributed by atoms with Crippen molar-refractivity contribution in [2.75, 3.05) is 19.5 Å². The molecule has 142 valence electrons. The summed E-state index contributed by atoms with van der Waals surface area (Å²) in [5.74, 6) is 0.304. The van der Waals surface area contributed by atoms with Gasteiger partial charge in [-0.1, -0.05) is 49.1 Å². The molecule has 0 bridgehead atoms. The standard InChI is InChI=1S/C19H25ClN2O3S/c1-25-11-17(23)22-16(18(24)21-13-7-3-2-4-8-13)12-26-19(22)14-9-5-6-10-15(14)20/h5-6,9-10,13,16,19H,2-4,7-8,11-12H2,1H3,(H,21,24)/t16-,19+/m0/s1. The molecule has 1 saturated carbocycles. The molecule has 1 aromatic rings. The van der Waals surface area contributed by atoms with E-state index in [1.54, 1.807) is 16.7 Å². The second kappa shape index (κ2) is 9.11. The van der Waals surface area contributed by atoms with Crippen molar-refractivity contribution < 1.29 is 14.3 Å².